The van der Waals surface area contributed by atoms with Crippen molar-refractivity contribution in [2.45, 2.75) is 123 Å². The third-order valence-corrected chi connectivity index (χ3v) is 8.20. The lowest BCUT2D eigenvalue weighted by atomic mass is 9.78. The van der Waals surface area contributed by atoms with Crippen molar-refractivity contribution in [1.29, 1.82) is 0 Å². The third kappa shape index (κ3) is 11.5. The summed E-state index contributed by atoms with van der Waals surface area (Å²) >= 11 is 0. The van der Waals surface area contributed by atoms with Crippen molar-refractivity contribution in [3.63, 3.8) is 0 Å². The first-order valence-corrected chi connectivity index (χ1v) is 15.9. The van der Waals surface area contributed by atoms with Crippen LogP contribution in [0.4, 0.5) is 4.39 Å². The van der Waals surface area contributed by atoms with E-state index in [1.54, 1.807) is 18.2 Å². The van der Waals surface area contributed by atoms with Gasteiger partial charge in [0.2, 0.25) is 0 Å². The van der Waals surface area contributed by atoms with Crippen molar-refractivity contribution in [2.24, 2.45) is 11.8 Å². The molecule has 0 spiro atoms. The lowest BCUT2D eigenvalue weighted by Gasteiger charge is -2.28. The molecule has 1 aliphatic rings. The molecular weight excluding hydrogens is 503 g/mol. The second kappa shape index (κ2) is 18.0. The normalized spacial score (nSPS) is 17.8. The number of unbranched alkanes of at least 4 members (excludes halogenated alkanes) is 5. The van der Waals surface area contributed by atoms with E-state index in [1.807, 2.05) is 19.1 Å². The Morgan fingerprint density at radius 3 is 2.10 bits per heavy atom. The van der Waals surface area contributed by atoms with E-state index in [4.69, 9.17) is 14.2 Å². The van der Waals surface area contributed by atoms with Gasteiger partial charge >= 0.3 is 5.97 Å². The molecule has 1 fully saturated rings. The van der Waals surface area contributed by atoms with Gasteiger partial charge in [0.15, 0.2) is 11.6 Å². The van der Waals surface area contributed by atoms with Gasteiger partial charge in [-0.2, -0.15) is 0 Å². The first-order chi connectivity index (χ1) is 19.5. The summed E-state index contributed by atoms with van der Waals surface area (Å²) in [5.74, 6) is 1.96. The zero-order valence-corrected chi connectivity index (χ0v) is 25.1. The molecule has 2 aromatic rings. The molecule has 0 aromatic heterocycles. The van der Waals surface area contributed by atoms with Crippen LogP contribution in [0.5, 0.6) is 17.2 Å². The van der Waals surface area contributed by atoms with E-state index in [1.165, 1.54) is 82.8 Å². The predicted octanol–water partition coefficient (Wildman–Crippen LogP) is 10.3. The number of rotatable bonds is 18. The SMILES string of the molecule is CCCCCC[C@H](C)Oc1ccc(C(=O)Oc2ccc(OCCCC3CCC(CCCCC)CC3)cc2)cc1F. The molecule has 3 rings (SSSR count). The summed E-state index contributed by atoms with van der Waals surface area (Å²) in [6, 6.07) is 11.3. The Hall–Kier alpha value is -2.56. The van der Waals surface area contributed by atoms with Crippen molar-refractivity contribution >= 4 is 5.97 Å². The van der Waals surface area contributed by atoms with Gasteiger partial charge in [0, 0.05) is 0 Å². The molecule has 0 bridgehead atoms. The highest BCUT2D eigenvalue weighted by atomic mass is 19.1. The highest BCUT2D eigenvalue weighted by molar-refractivity contribution is 5.91. The molecule has 0 unspecified atom stereocenters. The fraction of sp³-hybridized carbons (Fsp3) is 0.629. The number of carbonyl (C=O) groups excluding carboxylic acids is 1. The van der Waals surface area contributed by atoms with Gasteiger partial charge in [0.05, 0.1) is 18.3 Å². The second-order valence-electron chi connectivity index (χ2n) is 11.7. The van der Waals surface area contributed by atoms with Crippen LogP contribution >= 0.6 is 0 Å². The van der Waals surface area contributed by atoms with Gasteiger partial charge in [-0.05, 0) is 86.9 Å². The molecule has 4 nitrogen and oxygen atoms in total. The molecule has 1 atom stereocenters. The van der Waals surface area contributed by atoms with Crippen molar-refractivity contribution in [3.8, 4) is 17.2 Å². The fourth-order valence-electron chi connectivity index (χ4n) is 5.68. The van der Waals surface area contributed by atoms with Crippen LogP contribution in [0.1, 0.15) is 127 Å². The molecular formula is C35H51FO4. The minimum absolute atomic E-state index is 0.0787. The summed E-state index contributed by atoms with van der Waals surface area (Å²) in [5, 5.41) is 0. The van der Waals surface area contributed by atoms with Crippen LogP contribution in [0, 0.1) is 17.7 Å². The molecule has 0 aliphatic heterocycles. The van der Waals surface area contributed by atoms with E-state index in [9.17, 15) is 9.18 Å². The highest BCUT2D eigenvalue weighted by Crippen LogP contribution is 2.34. The van der Waals surface area contributed by atoms with Crippen LogP contribution < -0.4 is 14.2 Å². The van der Waals surface area contributed by atoms with E-state index in [-0.39, 0.29) is 17.4 Å². The Kier molecular flexibility index (Phi) is 14.4. The van der Waals surface area contributed by atoms with E-state index in [0.29, 0.717) is 12.4 Å². The molecule has 0 N–H and O–H groups in total. The summed E-state index contributed by atoms with van der Waals surface area (Å²) < 4.78 is 31.7. The summed E-state index contributed by atoms with van der Waals surface area (Å²) in [6.07, 6.45) is 18.7. The first-order valence-electron chi connectivity index (χ1n) is 15.9. The van der Waals surface area contributed by atoms with Crippen LogP contribution in [0.3, 0.4) is 0 Å². The summed E-state index contributed by atoms with van der Waals surface area (Å²) in [7, 11) is 0. The van der Waals surface area contributed by atoms with Gasteiger partial charge in [-0.15, -0.1) is 0 Å². The lowest BCUT2D eigenvalue weighted by molar-refractivity contribution is 0.0734. The number of benzene rings is 2. The molecule has 0 radical (unpaired) electrons. The lowest BCUT2D eigenvalue weighted by Crippen LogP contribution is -2.15. The van der Waals surface area contributed by atoms with Crippen LogP contribution in [0.2, 0.25) is 0 Å². The average Bonchev–Trinajstić information content (AvgIpc) is 2.96. The number of halogens is 1. The summed E-state index contributed by atoms with van der Waals surface area (Å²) in [4.78, 5) is 12.6. The minimum atomic E-state index is -0.605. The zero-order valence-electron chi connectivity index (χ0n) is 25.1. The second-order valence-corrected chi connectivity index (χ2v) is 11.7. The van der Waals surface area contributed by atoms with Crippen LogP contribution in [-0.2, 0) is 0 Å². The molecule has 222 valence electrons. The molecule has 5 heteroatoms. The standard InChI is InChI=1S/C35H51FO4/c1-4-6-8-10-12-27(3)39-34-24-19-30(26-33(34)36)35(37)40-32-22-20-31(21-23-32)38-25-11-14-29-17-15-28(16-18-29)13-9-7-5-2/h19-24,26-29H,4-18,25H2,1-3H3/t27-,28?,29?/m0/s1. The van der Waals surface area contributed by atoms with E-state index >= 15 is 0 Å². The van der Waals surface area contributed by atoms with Gasteiger partial charge in [-0.25, -0.2) is 9.18 Å². The highest BCUT2D eigenvalue weighted by Gasteiger charge is 2.20. The van der Waals surface area contributed by atoms with Crippen molar-refractivity contribution < 1.29 is 23.4 Å². The smallest absolute Gasteiger partial charge is 0.343 e. The Morgan fingerprint density at radius 2 is 1.45 bits per heavy atom. The average molecular weight is 555 g/mol. The molecule has 2 aromatic carbocycles. The van der Waals surface area contributed by atoms with E-state index < -0.39 is 11.8 Å². The molecule has 0 heterocycles. The molecule has 1 aliphatic carbocycles. The Labute approximate surface area is 242 Å². The molecule has 0 amide bonds. The van der Waals surface area contributed by atoms with Crippen molar-refractivity contribution in [1.82, 2.24) is 0 Å². The number of hydrogen-bond acceptors (Lipinski definition) is 4. The number of ether oxygens (including phenoxy) is 3. The maximum Gasteiger partial charge on any atom is 0.343 e. The topological polar surface area (TPSA) is 44.8 Å². The number of hydrogen-bond donors (Lipinski definition) is 0. The minimum Gasteiger partial charge on any atom is -0.494 e. The van der Waals surface area contributed by atoms with Crippen LogP contribution in [0.15, 0.2) is 42.5 Å². The summed E-state index contributed by atoms with van der Waals surface area (Å²) in [6.45, 7) is 7.09. The monoisotopic (exact) mass is 554 g/mol. The Morgan fingerprint density at radius 1 is 0.825 bits per heavy atom. The molecule has 0 saturated heterocycles. The van der Waals surface area contributed by atoms with Gasteiger partial charge < -0.3 is 14.2 Å². The largest absolute Gasteiger partial charge is 0.494 e. The maximum absolute atomic E-state index is 14.6. The molecule has 1 saturated carbocycles. The third-order valence-electron chi connectivity index (χ3n) is 8.20. The summed E-state index contributed by atoms with van der Waals surface area (Å²) in [5.41, 5.74) is 0.149. The predicted molar refractivity (Wildman–Crippen MR) is 161 cm³/mol. The van der Waals surface area contributed by atoms with Gasteiger partial charge in [0.25, 0.3) is 0 Å². The van der Waals surface area contributed by atoms with Crippen LogP contribution in [-0.4, -0.2) is 18.7 Å². The quantitative estimate of drug-likeness (QED) is 0.104. The van der Waals surface area contributed by atoms with Crippen molar-refractivity contribution in [2.75, 3.05) is 6.61 Å². The van der Waals surface area contributed by atoms with Crippen molar-refractivity contribution in [3.05, 3.63) is 53.8 Å². The number of esters is 1. The van der Waals surface area contributed by atoms with Gasteiger partial charge in [0.1, 0.15) is 11.5 Å². The van der Waals surface area contributed by atoms with Crippen LogP contribution in [0.25, 0.3) is 0 Å². The maximum atomic E-state index is 14.6. The van der Waals surface area contributed by atoms with Gasteiger partial charge in [-0.1, -0.05) is 84.5 Å². The Bertz CT molecular complexity index is 981. The molecule has 40 heavy (non-hydrogen) atoms. The first kappa shape index (κ1) is 32.0. The van der Waals surface area contributed by atoms with E-state index in [0.717, 1.165) is 43.3 Å². The zero-order chi connectivity index (χ0) is 28.6. The number of carbonyl (C=O) groups is 1. The van der Waals surface area contributed by atoms with E-state index in [2.05, 4.69) is 13.8 Å². The fourth-order valence-corrected chi connectivity index (χ4v) is 5.68. The Balaban J connectivity index is 1.34. The van der Waals surface area contributed by atoms with Gasteiger partial charge in [-0.3, -0.25) is 0 Å².